The summed E-state index contributed by atoms with van der Waals surface area (Å²) in [5.74, 6) is 1.22. The van der Waals surface area contributed by atoms with Gasteiger partial charge in [0, 0.05) is 25.0 Å². The molecule has 14 heavy (non-hydrogen) atoms. The largest absolute Gasteiger partial charge is 0.330 e. The van der Waals surface area contributed by atoms with Crippen LogP contribution in [0.15, 0.2) is 6.20 Å². The molecule has 2 rings (SSSR count). The number of hydrogen-bond donors (Lipinski definition) is 0. The topological polar surface area (TPSA) is 21.1 Å². The fourth-order valence-electron chi connectivity index (χ4n) is 1.73. The number of hydrogen-bond acceptors (Lipinski definition) is 2. The van der Waals surface area contributed by atoms with Crippen LogP contribution in [0.2, 0.25) is 0 Å². The van der Waals surface area contributed by atoms with E-state index in [9.17, 15) is 0 Å². The van der Waals surface area contributed by atoms with Gasteiger partial charge >= 0.3 is 0 Å². The molecule has 2 heterocycles. The molecule has 0 saturated heterocycles. The maximum absolute atomic E-state index is 4.38. The Morgan fingerprint density at radius 3 is 2.71 bits per heavy atom. The normalized spacial score (nSPS) is 15.7. The van der Waals surface area contributed by atoms with Crippen LogP contribution in [0.4, 0.5) is 0 Å². The van der Waals surface area contributed by atoms with Gasteiger partial charge < -0.3 is 4.57 Å². The third-order valence-electron chi connectivity index (χ3n) is 2.59. The van der Waals surface area contributed by atoms with Crippen LogP contribution in [-0.2, 0) is 13.1 Å². The number of nitrogens with zero attached hydrogens (tertiary/aromatic N) is 3. The SMILES string of the molecule is CC.CCN1CCn2c(C)cnc2C1. The number of aromatic nitrogens is 2. The highest BCUT2D eigenvalue weighted by Gasteiger charge is 2.16. The number of likely N-dealkylation sites (N-methyl/N-ethyl adjacent to an activating group) is 1. The maximum Gasteiger partial charge on any atom is 0.123 e. The lowest BCUT2D eigenvalue weighted by Gasteiger charge is -2.26. The van der Waals surface area contributed by atoms with Crippen molar-refractivity contribution >= 4 is 0 Å². The second kappa shape index (κ2) is 5.15. The second-order valence-corrected chi connectivity index (χ2v) is 3.34. The number of imidazole rings is 1. The molecule has 1 aromatic rings. The predicted octanol–water partition coefficient (Wildman–Crippen LogP) is 2.05. The molecule has 0 atom stereocenters. The van der Waals surface area contributed by atoms with E-state index < -0.39 is 0 Å². The molecule has 0 N–H and O–H groups in total. The lowest BCUT2D eigenvalue weighted by Crippen LogP contribution is -2.33. The van der Waals surface area contributed by atoms with Crippen LogP contribution in [-0.4, -0.2) is 27.5 Å². The van der Waals surface area contributed by atoms with E-state index in [1.807, 2.05) is 20.0 Å². The molecule has 3 nitrogen and oxygen atoms in total. The minimum atomic E-state index is 1.02. The standard InChI is InChI=1S/C9H15N3.C2H6/c1-3-11-4-5-12-8(2)6-10-9(12)7-11;1-2/h6H,3-5,7H2,1-2H3;1-2H3. The summed E-state index contributed by atoms with van der Waals surface area (Å²) in [5, 5.41) is 0. The van der Waals surface area contributed by atoms with Crippen molar-refractivity contribution in [3.05, 3.63) is 17.7 Å². The Balaban J connectivity index is 0.000000461. The molecule has 0 spiro atoms. The molecular formula is C11H21N3. The van der Waals surface area contributed by atoms with Crippen LogP contribution in [0.3, 0.4) is 0 Å². The van der Waals surface area contributed by atoms with E-state index in [0.717, 1.165) is 19.6 Å². The molecule has 1 aromatic heterocycles. The van der Waals surface area contributed by atoms with Crippen LogP contribution in [0.25, 0.3) is 0 Å². The van der Waals surface area contributed by atoms with Crippen molar-refractivity contribution in [2.24, 2.45) is 0 Å². The minimum Gasteiger partial charge on any atom is -0.330 e. The third kappa shape index (κ3) is 2.15. The Morgan fingerprint density at radius 1 is 1.36 bits per heavy atom. The zero-order chi connectivity index (χ0) is 10.6. The van der Waals surface area contributed by atoms with Crippen molar-refractivity contribution in [3.8, 4) is 0 Å². The Bertz CT molecular complexity index is 278. The van der Waals surface area contributed by atoms with Gasteiger partial charge in [-0.05, 0) is 13.5 Å². The molecule has 0 fully saturated rings. The van der Waals surface area contributed by atoms with Crippen LogP contribution >= 0.6 is 0 Å². The Morgan fingerprint density at radius 2 is 2.07 bits per heavy atom. The first-order chi connectivity index (χ1) is 6.81. The molecule has 0 aromatic carbocycles. The monoisotopic (exact) mass is 195 g/mol. The zero-order valence-corrected chi connectivity index (χ0v) is 9.75. The van der Waals surface area contributed by atoms with Crippen molar-refractivity contribution in [1.29, 1.82) is 0 Å². The molecule has 0 saturated carbocycles. The average Bonchev–Trinajstić information content (AvgIpc) is 2.63. The summed E-state index contributed by atoms with van der Waals surface area (Å²) in [6.07, 6.45) is 1.97. The van der Waals surface area contributed by atoms with Crippen molar-refractivity contribution < 1.29 is 0 Å². The van der Waals surface area contributed by atoms with Gasteiger partial charge in [0.25, 0.3) is 0 Å². The second-order valence-electron chi connectivity index (χ2n) is 3.34. The highest BCUT2D eigenvalue weighted by Crippen LogP contribution is 2.12. The highest BCUT2D eigenvalue weighted by molar-refractivity contribution is 5.05. The summed E-state index contributed by atoms with van der Waals surface area (Å²) in [6.45, 7) is 12.7. The van der Waals surface area contributed by atoms with Crippen molar-refractivity contribution in [3.63, 3.8) is 0 Å². The molecule has 1 aliphatic rings. The van der Waals surface area contributed by atoms with Gasteiger partial charge in [0.15, 0.2) is 0 Å². The summed E-state index contributed by atoms with van der Waals surface area (Å²) in [4.78, 5) is 6.79. The van der Waals surface area contributed by atoms with E-state index in [2.05, 4.69) is 28.3 Å². The molecule has 3 heteroatoms. The van der Waals surface area contributed by atoms with Crippen molar-refractivity contribution in [2.75, 3.05) is 13.1 Å². The first kappa shape index (κ1) is 11.2. The van der Waals surface area contributed by atoms with E-state index in [4.69, 9.17) is 0 Å². The predicted molar refractivity (Wildman–Crippen MR) is 59.3 cm³/mol. The van der Waals surface area contributed by atoms with Gasteiger partial charge in [-0.1, -0.05) is 20.8 Å². The quantitative estimate of drug-likeness (QED) is 0.684. The third-order valence-corrected chi connectivity index (χ3v) is 2.59. The molecule has 0 unspecified atom stereocenters. The molecule has 0 amide bonds. The van der Waals surface area contributed by atoms with Gasteiger partial charge in [-0.25, -0.2) is 4.98 Å². The van der Waals surface area contributed by atoms with Gasteiger partial charge in [0.2, 0.25) is 0 Å². The van der Waals surface area contributed by atoms with E-state index in [1.165, 1.54) is 18.1 Å². The number of aryl methyl sites for hydroxylation is 1. The van der Waals surface area contributed by atoms with Crippen molar-refractivity contribution in [1.82, 2.24) is 14.5 Å². The lowest BCUT2D eigenvalue weighted by molar-refractivity contribution is 0.227. The number of fused-ring (bicyclic) bond motifs is 1. The summed E-state index contributed by atoms with van der Waals surface area (Å²) in [6, 6.07) is 0. The Kier molecular flexibility index (Phi) is 4.14. The minimum absolute atomic E-state index is 1.02. The summed E-state index contributed by atoms with van der Waals surface area (Å²) < 4.78 is 2.31. The highest BCUT2D eigenvalue weighted by atomic mass is 15.2. The summed E-state index contributed by atoms with van der Waals surface area (Å²) >= 11 is 0. The first-order valence-electron chi connectivity index (χ1n) is 5.54. The summed E-state index contributed by atoms with van der Waals surface area (Å²) in [5.41, 5.74) is 1.29. The zero-order valence-electron chi connectivity index (χ0n) is 9.75. The van der Waals surface area contributed by atoms with E-state index >= 15 is 0 Å². The van der Waals surface area contributed by atoms with Gasteiger partial charge in [-0.3, -0.25) is 4.90 Å². The van der Waals surface area contributed by atoms with Crippen LogP contribution in [0.1, 0.15) is 32.3 Å². The molecule has 0 radical (unpaired) electrons. The van der Waals surface area contributed by atoms with Crippen molar-refractivity contribution in [2.45, 2.75) is 40.8 Å². The molecular weight excluding hydrogens is 174 g/mol. The van der Waals surface area contributed by atoms with Gasteiger partial charge in [0.05, 0.1) is 6.54 Å². The van der Waals surface area contributed by atoms with E-state index in [-0.39, 0.29) is 0 Å². The van der Waals surface area contributed by atoms with Gasteiger partial charge in [-0.15, -0.1) is 0 Å². The van der Waals surface area contributed by atoms with E-state index in [1.54, 1.807) is 0 Å². The fraction of sp³-hybridized carbons (Fsp3) is 0.727. The maximum atomic E-state index is 4.38. The number of rotatable bonds is 1. The average molecular weight is 195 g/mol. The fourth-order valence-corrected chi connectivity index (χ4v) is 1.73. The summed E-state index contributed by atoms with van der Waals surface area (Å²) in [7, 11) is 0. The molecule has 80 valence electrons. The van der Waals surface area contributed by atoms with E-state index in [0.29, 0.717) is 0 Å². The Hall–Kier alpha value is -0.830. The molecule has 0 aliphatic carbocycles. The first-order valence-corrected chi connectivity index (χ1v) is 5.54. The van der Waals surface area contributed by atoms with Gasteiger partial charge in [-0.2, -0.15) is 0 Å². The Labute approximate surface area is 86.7 Å². The molecule has 0 bridgehead atoms. The smallest absolute Gasteiger partial charge is 0.123 e. The van der Waals surface area contributed by atoms with Crippen LogP contribution in [0, 0.1) is 6.92 Å². The lowest BCUT2D eigenvalue weighted by atomic mass is 10.3. The molecule has 1 aliphatic heterocycles. The van der Waals surface area contributed by atoms with Crippen LogP contribution in [0.5, 0.6) is 0 Å². The van der Waals surface area contributed by atoms with Gasteiger partial charge in [0.1, 0.15) is 5.82 Å². The van der Waals surface area contributed by atoms with Crippen LogP contribution < -0.4 is 0 Å².